The zero-order valence-corrected chi connectivity index (χ0v) is 12.1. The average Bonchev–Trinajstić information content (AvgIpc) is 2.98. The molecule has 1 heterocycles. The van der Waals surface area contributed by atoms with Gasteiger partial charge in [0.05, 0.1) is 21.5 Å². The maximum Gasteiger partial charge on any atom is 0.268 e. The zero-order chi connectivity index (χ0) is 15.7. The summed E-state index contributed by atoms with van der Waals surface area (Å²) in [5.74, 6) is 0. The minimum absolute atomic E-state index is 0.0237. The fourth-order valence-corrected chi connectivity index (χ4v) is 3.63. The second-order valence-corrected chi connectivity index (χ2v) is 6.42. The quantitative estimate of drug-likeness (QED) is 0.728. The predicted molar refractivity (Wildman–Crippen MR) is 80.4 cm³/mol. The van der Waals surface area contributed by atoms with Crippen molar-refractivity contribution in [3.05, 3.63) is 65.9 Å². The average molecular weight is 307 g/mol. The second-order valence-electron chi connectivity index (χ2n) is 4.61. The molecular weight excluding hydrogens is 298 g/mol. The Kier molecular flexibility index (Phi) is 3.17. The molecule has 3 rings (SSSR count). The van der Waals surface area contributed by atoms with Gasteiger partial charge in [0.25, 0.3) is 10.0 Å². The summed E-state index contributed by atoms with van der Waals surface area (Å²) in [6, 6.07) is 16.4. The Bertz CT molecular complexity index is 1070. The van der Waals surface area contributed by atoms with E-state index < -0.39 is 10.0 Å². The number of nitrogens with zero attached hydrogens (tertiary/aromatic N) is 3. The molecule has 0 unspecified atom stereocenters. The van der Waals surface area contributed by atoms with Crippen LogP contribution in [0.4, 0.5) is 0 Å². The molecule has 3 aromatic rings. The van der Waals surface area contributed by atoms with Crippen LogP contribution >= 0.6 is 0 Å². The topological polar surface area (TPSA) is 86.7 Å². The number of benzene rings is 2. The first-order valence-corrected chi connectivity index (χ1v) is 7.78. The lowest BCUT2D eigenvalue weighted by molar-refractivity contribution is 0.589. The molecule has 0 saturated carbocycles. The number of hydrogen-bond donors (Lipinski definition) is 0. The predicted octanol–water partition coefficient (Wildman–Crippen LogP) is 2.62. The van der Waals surface area contributed by atoms with Crippen molar-refractivity contribution in [2.45, 2.75) is 4.90 Å². The van der Waals surface area contributed by atoms with Crippen LogP contribution in [0, 0.1) is 22.7 Å². The highest BCUT2D eigenvalue weighted by molar-refractivity contribution is 7.90. The number of fused-ring (bicyclic) bond motifs is 1. The van der Waals surface area contributed by atoms with Crippen LogP contribution in [-0.4, -0.2) is 12.4 Å². The SMILES string of the molecule is N#Cc1ccc(S(=O)(=O)n2ccc3ccccc32)cc1C#N. The van der Waals surface area contributed by atoms with Gasteiger partial charge in [-0.15, -0.1) is 0 Å². The van der Waals surface area contributed by atoms with Gasteiger partial charge in [-0.25, -0.2) is 12.4 Å². The lowest BCUT2D eigenvalue weighted by Crippen LogP contribution is -2.12. The van der Waals surface area contributed by atoms with Crippen molar-refractivity contribution in [2.24, 2.45) is 0 Å². The summed E-state index contributed by atoms with van der Waals surface area (Å²) in [6.45, 7) is 0. The number of nitriles is 2. The van der Waals surface area contributed by atoms with Gasteiger partial charge in [-0.05, 0) is 30.3 Å². The van der Waals surface area contributed by atoms with E-state index in [0.29, 0.717) is 5.52 Å². The van der Waals surface area contributed by atoms with E-state index in [1.165, 1.54) is 28.4 Å². The molecule has 0 fully saturated rings. The molecule has 106 valence electrons. The van der Waals surface area contributed by atoms with Gasteiger partial charge in [0.15, 0.2) is 0 Å². The van der Waals surface area contributed by atoms with Gasteiger partial charge >= 0.3 is 0 Å². The van der Waals surface area contributed by atoms with E-state index >= 15 is 0 Å². The monoisotopic (exact) mass is 307 g/mol. The molecule has 5 nitrogen and oxygen atoms in total. The van der Waals surface area contributed by atoms with E-state index in [4.69, 9.17) is 10.5 Å². The van der Waals surface area contributed by atoms with Gasteiger partial charge in [0.1, 0.15) is 12.1 Å². The Balaban J connectivity index is 2.23. The van der Waals surface area contributed by atoms with Gasteiger partial charge in [0, 0.05) is 11.6 Å². The van der Waals surface area contributed by atoms with Gasteiger partial charge in [-0.1, -0.05) is 18.2 Å². The number of aromatic nitrogens is 1. The maximum atomic E-state index is 12.7. The number of rotatable bonds is 2. The summed E-state index contributed by atoms with van der Waals surface area (Å²) in [7, 11) is -3.82. The molecular formula is C16H9N3O2S. The molecule has 0 aliphatic rings. The van der Waals surface area contributed by atoms with Crippen LogP contribution in [0.3, 0.4) is 0 Å². The Morgan fingerprint density at radius 3 is 2.36 bits per heavy atom. The van der Waals surface area contributed by atoms with Gasteiger partial charge in [-0.3, -0.25) is 0 Å². The molecule has 2 aromatic carbocycles. The normalized spacial score (nSPS) is 11.0. The van der Waals surface area contributed by atoms with Gasteiger partial charge < -0.3 is 0 Å². The molecule has 0 spiro atoms. The number of para-hydroxylation sites is 1. The van der Waals surface area contributed by atoms with Gasteiger partial charge in [-0.2, -0.15) is 10.5 Å². The largest absolute Gasteiger partial charge is 0.268 e. The van der Waals surface area contributed by atoms with Crippen LogP contribution in [0.15, 0.2) is 59.6 Å². The van der Waals surface area contributed by atoms with Gasteiger partial charge in [0.2, 0.25) is 0 Å². The fraction of sp³-hybridized carbons (Fsp3) is 0. The Hall–Kier alpha value is -3.09. The summed E-state index contributed by atoms with van der Waals surface area (Å²) in [4.78, 5) is -0.0237. The van der Waals surface area contributed by atoms with E-state index in [-0.39, 0.29) is 16.0 Å². The third-order valence-electron chi connectivity index (χ3n) is 3.35. The smallest absolute Gasteiger partial charge is 0.241 e. The molecule has 0 aliphatic heterocycles. The molecule has 0 amide bonds. The highest BCUT2D eigenvalue weighted by Crippen LogP contribution is 2.23. The van der Waals surface area contributed by atoms with Crippen LogP contribution in [-0.2, 0) is 10.0 Å². The van der Waals surface area contributed by atoms with E-state index in [9.17, 15) is 8.42 Å². The second kappa shape index (κ2) is 5.03. The van der Waals surface area contributed by atoms with E-state index in [1.807, 2.05) is 24.3 Å². The minimum atomic E-state index is -3.82. The summed E-state index contributed by atoms with van der Waals surface area (Å²) in [6.07, 6.45) is 1.48. The first-order valence-electron chi connectivity index (χ1n) is 6.34. The molecule has 0 aliphatic carbocycles. The summed E-state index contributed by atoms with van der Waals surface area (Å²) in [5, 5.41) is 18.8. The van der Waals surface area contributed by atoms with Crippen LogP contribution in [0.1, 0.15) is 11.1 Å². The molecule has 0 saturated heterocycles. The first-order chi connectivity index (χ1) is 10.6. The third-order valence-corrected chi connectivity index (χ3v) is 5.04. The van der Waals surface area contributed by atoms with E-state index in [0.717, 1.165) is 5.39 Å². The third kappa shape index (κ3) is 2.03. The Morgan fingerprint density at radius 2 is 1.64 bits per heavy atom. The molecule has 6 heteroatoms. The lowest BCUT2D eigenvalue weighted by Gasteiger charge is -2.08. The van der Waals surface area contributed by atoms with Crippen molar-refractivity contribution in [3.63, 3.8) is 0 Å². The van der Waals surface area contributed by atoms with Crippen molar-refractivity contribution < 1.29 is 8.42 Å². The van der Waals surface area contributed by atoms with E-state index in [2.05, 4.69) is 0 Å². The minimum Gasteiger partial charge on any atom is -0.241 e. The van der Waals surface area contributed by atoms with Crippen molar-refractivity contribution in [1.29, 1.82) is 10.5 Å². The maximum absolute atomic E-state index is 12.7. The molecule has 0 N–H and O–H groups in total. The van der Waals surface area contributed by atoms with Crippen molar-refractivity contribution in [3.8, 4) is 12.1 Å². The van der Waals surface area contributed by atoms with Crippen LogP contribution in [0.5, 0.6) is 0 Å². The molecule has 22 heavy (non-hydrogen) atoms. The number of hydrogen-bond acceptors (Lipinski definition) is 4. The summed E-state index contributed by atoms with van der Waals surface area (Å²) >= 11 is 0. The lowest BCUT2D eigenvalue weighted by atomic mass is 10.1. The van der Waals surface area contributed by atoms with Crippen molar-refractivity contribution >= 4 is 20.9 Å². The van der Waals surface area contributed by atoms with Crippen LogP contribution < -0.4 is 0 Å². The Labute approximate surface area is 127 Å². The van der Waals surface area contributed by atoms with E-state index in [1.54, 1.807) is 18.2 Å². The first kappa shape index (κ1) is 13.9. The zero-order valence-electron chi connectivity index (χ0n) is 11.3. The van der Waals surface area contributed by atoms with Crippen LogP contribution in [0.2, 0.25) is 0 Å². The fourth-order valence-electron chi connectivity index (χ4n) is 2.25. The van der Waals surface area contributed by atoms with Crippen LogP contribution in [0.25, 0.3) is 10.9 Å². The molecule has 1 aromatic heterocycles. The standard InChI is InChI=1S/C16H9N3O2S/c17-10-13-5-6-15(9-14(13)11-18)22(20,21)19-8-7-12-3-1-2-4-16(12)19/h1-9H. The van der Waals surface area contributed by atoms with Crippen molar-refractivity contribution in [1.82, 2.24) is 3.97 Å². The molecule has 0 radical (unpaired) electrons. The Morgan fingerprint density at radius 1 is 0.909 bits per heavy atom. The summed E-state index contributed by atoms with van der Waals surface area (Å²) < 4.78 is 26.7. The highest BCUT2D eigenvalue weighted by Gasteiger charge is 2.20. The molecule has 0 atom stereocenters. The van der Waals surface area contributed by atoms with Crippen molar-refractivity contribution in [2.75, 3.05) is 0 Å². The summed E-state index contributed by atoms with van der Waals surface area (Å²) in [5.41, 5.74) is 0.754. The molecule has 0 bridgehead atoms. The highest BCUT2D eigenvalue weighted by atomic mass is 32.2.